The van der Waals surface area contributed by atoms with Crippen LogP contribution in [0.25, 0.3) is 0 Å². The number of benzene rings is 1. The van der Waals surface area contributed by atoms with Gasteiger partial charge in [0.2, 0.25) is 0 Å². The number of rotatable bonds is 3. The topological polar surface area (TPSA) is 46.5 Å². The van der Waals surface area contributed by atoms with Crippen molar-refractivity contribution in [1.29, 1.82) is 0 Å². The van der Waals surface area contributed by atoms with Crippen LogP contribution in [0.15, 0.2) is 30.3 Å². The van der Waals surface area contributed by atoms with E-state index in [0.29, 0.717) is 6.42 Å². The molecule has 1 aliphatic rings. The molecule has 3 nitrogen and oxygen atoms in total. The molecule has 2 rings (SSSR count). The predicted octanol–water partition coefficient (Wildman–Crippen LogP) is 1.85. The zero-order valence-corrected chi connectivity index (χ0v) is 9.35. The number of aliphatic hydroxyl groups is 1. The van der Waals surface area contributed by atoms with Gasteiger partial charge in [-0.25, -0.2) is 0 Å². The van der Waals surface area contributed by atoms with Crippen LogP contribution in [0.2, 0.25) is 0 Å². The molecule has 1 saturated carbocycles. The van der Waals surface area contributed by atoms with Gasteiger partial charge in [-0.1, -0.05) is 30.3 Å². The molecule has 0 amide bonds. The first-order valence-corrected chi connectivity index (χ1v) is 5.51. The van der Waals surface area contributed by atoms with Crippen LogP contribution < -0.4 is 0 Å². The van der Waals surface area contributed by atoms with Crippen molar-refractivity contribution >= 4 is 5.97 Å². The van der Waals surface area contributed by atoms with Crippen LogP contribution >= 0.6 is 0 Å². The minimum Gasteiger partial charge on any atom is -0.469 e. The molecule has 86 valence electrons. The highest BCUT2D eigenvalue weighted by Gasteiger charge is 2.47. The maximum atomic E-state index is 11.2. The molecule has 0 unspecified atom stereocenters. The molecule has 2 atom stereocenters. The van der Waals surface area contributed by atoms with Crippen LogP contribution in [0.3, 0.4) is 0 Å². The molecule has 0 saturated heterocycles. The van der Waals surface area contributed by atoms with E-state index in [2.05, 4.69) is 4.74 Å². The molecule has 0 aromatic heterocycles. The number of ether oxygens (including phenoxy) is 1. The molecule has 16 heavy (non-hydrogen) atoms. The third-order valence-electron chi connectivity index (χ3n) is 3.46. The predicted molar refractivity (Wildman–Crippen MR) is 59.7 cm³/mol. The Morgan fingerprint density at radius 2 is 2.19 bits per heavy atom. The van der Waals surface area contributed by atoms with Crippen molar-refractivity contribution in [2.45, 2.75) is 24.9 Å². The Morgan fingerprint density at radius 1 is 1.50 bits per heavy atom. The van der Waals surface area contributed by atoms with Gasteiger partial charge in [0, 0.05) is 5.92 Å². The molecule has 1 aromatic rings. The average molecular weight is 220 g/mol. The van der Waals surface area contributed by atoms with Gasteiger partial charge >= 0.3 is 5.97 Å². The van der Waals surface area contributed by atoms with Gasteiger partial charge in [0.15, 0.2) is 0 Å². The largest absolute Gasteiger partial charge is 0.469 e. The molecule has 1 N–H and O–H groups in total. The Hall–Kier alpha value is -1.35. The van der Waals surface area contributed by atoms with Gasteiger partial charge in [0.05, 0.1) is 19.1 Å². The Balaban J connectivity index is 2.12. The number of carbonyl (C=O) groups excluding carboxylic acids is 1. The number of methoxy groups -OCH3 is 1. The molecule has 0 aliphatic heterocycles. The number of hydrogen-bond acceptors (Lipinski definition) is 3. The summed E-state index contributed by atoms with van der Waals surface area (Å²) in [6.07, 6.45) is 1.89. The zero-order valence-electron chi connectivity index (χ0n) is 9.35. The van der Waals surface area contributed by atoms with Crippen LogP contribution in [0.1, 0.15) is 24.8 Å². The fraction of sp³-hybridized carbons (Fsp3) is 0.462. The van der Waals surface area contributed by atoms with E-state index in [9.17, 15) is 9.90 Å². The number of carbonyl (C=O) groups is 1. The van der Waals surface area contributed by atoms with Crippen molar-refractivity contribution in [3.05, 3.63) is 35.9 Å². The minimum atomic E-state index is -0.838. The number of esters is 1. The molecular weight excluding hydrogens is 204 g/mol. The van der Waals surface area contributed by atoms with E-state index in [-0.39, 0.29) is 11.9 Å². The highest BCUT2D eigenvalue weighted by Crippen LogP contribution is 2.48. The lowest BCUT2D eigenvalue weighted by Gasteiger charge is -2.45. The van der Waals surface area contributed by atoms with Gasteiger partial charge in [-0.2, -0.15) is 0 Å². The third kappa shape index (κ3) is 1.83. The van der Waals surface area contributed by atoms with E-state index >= 15 is 0 Å². The van der Waals surface area contributed by atoms with Crippen LogP contribution in [0, 0.1) is 5.92 Å². The zero-order chi connectivity index (χ0) is 11.6. The maximum absolute atomic E-state index is 11.2. The third-order valence-corrected chi connectivity index (χ3v) is 3.46. The first-order valence-electron chi connectivity index (χ1n) is 5.51. The monoisotopic (exact) mass is 220 g/mol. The summed E-state index contributed by atoms with van der Waals surface area (Å²) in [7, 11) is 1.38. The van der Waals surface area contributed by atoms with Crippen molar-refractivity contribution in [2.75, 3.05) is 7.11 Å². The van der Waals surface area contributed by atoms with Crippen LogP contribution in [-0.4, -0.2) is 18.2 Å². The lowest BCUT2D eigenvalue weighted by Crippen LogP contribution is -2.45. The lowest BCUT2D eigenvalue weighted by atomic mass is 9.64. The van der Waals surface area contributed by atoms with Crippen LogP contribution in [0.4, 0.5) is 0 Å². The SMILES string of the molecule is COC(=O)C[C@@H]1CC[C@]1(O)c1ccccc1. The standard InChI is InChI=1S/C13H16O3/c1-16-12(14)9-11-7-8-13(11,15)10-5-3-2-4-6-10/h2-6,11,15H,7-9H2,1H3/t11-,13-/m0/s1. The molecule has 0 bridgehead atoms. The van der Waals surface area contributed by atoms with E-state index in [1.54, 1.807) is 0 Å². The maximum Gasteiger partial charge on any atom is 0.305 e. The van der Waals surface area contributed by atoms with Gasteiger partial charge in [0.25, 0.3) is 0 Å². The second-order valence-corrected chi connectivity index (χ2v) is 4.31. The van der Waals surface area contributed by atoms with Crippen LogP contribution in [0.5, 0.6) is 0 Å². The second-order valence-electron chi connectivity index (χ2n) is 4.31. The summed E-state index contributed by atoms with van der Waals surface area (Å²) in [4.78, 5) is 11.2. The summed E-state index contributed by atoms with van der Waals surface area (Å²) >= 11 is 0. The number of hydrogen-bond donors (Lipinski definition) is 1. The van der Waals surface area contributed by atoms with E-state index in [0.717, 1.165) is 18.4 Å². The molecular formula is C13H16O3. The second kappa shape index (κ2) is 4.26. The fourth-order valence-electron chi connectivity index (χ4n) is 2.28. The van der Waals surface area contributed by atoms with Gasteiger partial charge in [-0.05, 0) is 18.4 Å². The van der Waals surface area contributed by atoms with E-state index < -0.39 is 5.60 Å². The molecule has 1 aliphatic carbocycles. The summed E-state index contributed by atoms with van der Waals surface area (Å²) in [5.74, 6) is -0.263. The van der Waals surface area contributed by atoms with E-state index in [1.165, 1.54) is 7.11 Å². The summed E-state index contributed by atoms with van der Waals surface area (Å²) < 4.78 is 4.64. The summed E-state index contributed by atoms with van der Waals surface area (Å²) in [5, 5.41) is 10.5. The summed E-state index contributed by atoms with van der Waals surface area (Å²) in [6.45, 7) is 0. The Morgan fingerprint density at radius 3 is 2.69 bits per heavy atom. The summed E-state index contributed by atoms with van der Waals surface area (Å²) in [6, 6.07) is 9.54. The average Bonchev–Trinajstić information content (AvgIpc) is 2.34. The molecule has 0 spiro atoms. The summed E-state index contributed by atoms with van der Waals surface area (Å²) in [5.41, 5.74) is 0.0604. The lowest BCUT2D eigenvalue weighted by molar-refractivity contribution is -0.153. The highest BCUT2D eigenvalue weighted by atomic mass is 16.5. The van der Waals surface area contributed by atoms with E-state index in [1.807, 2.05) is 30.3 Å². The van der Waals surface area contributed by atoms with Crippen molar-refractivity contribution in [3.8, 4) is 0 Å². The first-order chi connectivity index (χ1) is 7.66. The molecule has 1 fully saturated rings. The van der Waals surface area contributed by atoms with Crippen LogP contribution in [-0.2, 0) is 15.1 Å². The van der Waals surface area contributed by atoms with Crippen molar-refractivity contribution in [3.63, 3.8) is 0 Å². The Kier molecular flexibility index (Phi) is 2.97. The fourth-order valence-corrected chi connectivity index (χ4v) is 2.28. The quantitative estimate of drug-likeness (QED) is 0.791. The smallest absolute Gasteiger partial charge is 0.305 e. The van der Waals surface area contributed by atoms with Gasteiger partial charge in [0.1, 0.15) is 0 Å². The Labute approximate surface area is 95.0 Å². The van der Waals surface area contributed by atoms with Crippen molar-refractivity contribution < 1.29 is 14.6 Å². The molecule has 3 heteroatoms. The van der Waals surface area contributed by atoms with E-state index in [4.69, 9.17) is 0 Å². The van der Waals surface area contributed by atoms with Gasteiger partial charge < -0.3 is 9.84 Å². The normalized spacial score (nSPS) is 28.2. The van der Waals surface area contributed by atoms with Gasteiger partial charge in [-0.3, -0.25) is 4.79 Å². The Bertz CT molecular complexity index is 374. The van der Waals surface area contributed by atoms with Crippen molar-refractivity contribution in [2.24, 2.45) is 5.92 Å². The minimum absolute atomic E-state index is 0.0117. The highest BCUT2D eigenvalue weighted by molar-refractivity contribution is 5.70. The molecule has 0 heterocycles. The first kappa shape index (κ1) is 11.1. The van der Waals surface area contributed by atoms with Crippen molar-refractivity contribution in [1.82, 2.24) is 0 Å². The van der Waals surface area contributed by atoms with Gasteiger partial charge in [-0.15, -0.1) is 0 Å². The molecule has 0 radical (unpaired) electrons. The molecule has 1 aromatic carbocycles.